The Balaban J connectivity index is 1.18. The molecule has 0 amide bonds. The summed E-state index contributed by atoms with van der Waals surface area (Å²) in [4.78, 5) is 13.7. The van der Waals surface area contributed by atoms with Gasteiger partial charge >= 0.3 is 0 Å². The van der Waals surface area contributed by atoms with Gasteiger partial charge in [-0.25, -0.2) is 0 Å². The predicted octanol–water partition coefficient (Wildman–Crippen LogP) is 0.618. The van der Waals surface area contributed by atoms with Crippen LogP contribution in [-0.2, 0) is 22.6 Å². The summed E-state index contributed by atoms with van der Waals surface area (Å²) in [6.45, 7) is 9.55. The van der Waals surface area contributed by atoms with Gasteiger partial charge in [0.25, 0.3) is 0 Å². The molecule has 0 bridgehead atoms. The first-order chi connectivity index (χ1) is 18.2. The lowest BCUT2D eigenvalue weighted by Gasteiger charge is -2.35. The van der Waals surface area contributed by atoms with Crippen LogP contribution in [0.2, 0.25) is 0 Å². The molecule has 2 saturated heterocycles. The Morgan fingerprint density at radius 1 is 1.00 bits per heavy atom. The Morgan fingerprint density at radius 3 is 2.46 bits per heavy atom. The average Bonchev–Trinajstić information content (AvgIpc) is 2.94. The van der Waals surface area contributed by atoms with E-state index in [0.717, 1.165) is 83.4 Å². The molecule has 2 aliphatic rings. The van der Waals surface area contributed by atoms with Gasteiger partial charge in [-0.1, -0.05) is 24.3 Å². The van der Waals surface area contributed by atoms with E-state index in [1.54, 1.807) is 0 Å². The highest BCUT2D eigenvalue weighted by molar-refractivity contribution is 5.52. The molecule has 6 N–H and O–H groups in total. The Bertz CT molecular complexity index is 919. The summed E-state index contributed by atoms with van der Waals surface area (Å²) in [5.41, 5.74) is 8.51. The zero-order valence-electron chi connectivity index (χ0n) is 21.7. The van der Waals surface area contributed by atoms with Crippen molar-refractivity contribution in [1.82, 2.24) is 25.5 Å². The van der Waals surface area contributed by atoms with Gasteiger partial charge in [-0.15, -0.1) is 0 Å². The van der Waals surface area contributed by atoms with Gasteiger partial charge in [0.05, 0.1) is 19.8 Å². The maximum atomic E-state index is 8.81. The largest absolute Gasteiger partial charge is 0.394 e. The van der Waals surface area contributed by atoms with Gasteiger partial charge < -0.3 is 41.2 Å². The summed E-state index contributed by atoms with van der Waals surface area (Å²) >= 11 is 0. The molecule has 37 heavy (non-hydrogen) atoms. The molecule has 1 aromatic carbocycles. The van der Waals surface area contributed by atoms with E-state index in [9.17, 15) is 0 Å². The van der Waals surface area contributed by atoms with Crippen LogP contribution in [0.1, 0.15) is 24.0 Å². The number of ether oxygens (including phenoxy) is 2. The minimum atomic E-state index is 0.0668. The van der Waals surface area contributed by atoms with Gasteiger partial charge in [0, 0.05) is 77.8 Å². The fourth-order valence-corrected chi connectivity index (χ4v) is 4.54. The number of hydrogen-bond acceptors (Lipinski definition) is 11. The Morgan fingerprint density at radius 2 is 1.73 bits per heavy atom. The van der Waals surface area contributed by atoms with E-state index < -0.39 is 0 Å². The molecule has 0 radical (unpaired) electrons. The molecule has 0 saturated carbocycles. The van der Waals surface area contributed by atoms with Crippen molar-refractivity contribution < 1.29 is 14.6 Å². The van der Waals surface area contributed by atoms with Crippen molar-refractivity contribution in [2.24, 2.45) is 0 Å². The quantitative estimate of drug-likeness (QED) is 0.179. The monoisotopic (exact) mass is 514 g/mol. The highest BCUT2D eigenvalue weighted by Gasteiger charge is 2.19. The summed E-state index contributed by atoms with van der Waals surface area (Å²) in [7, 11) is 0. The van der Waals surface area contributed by atoms with E-state index in [4.69, 9.17) is 25.3 Å². The maximum absolute atomic E-state index is 8.81. The first-order valence-electron chi connectivity index (χ1n) is 13.3. The summed E-state index contributed by atoms with van der Waals surface area (Å²) in [6, 6.07) is 11.0. The molecule has 2 aromatic rings. The van der Waals surface area contributed by atoms with Crippen LogP contribution < -0.4 is 26.6 Å². The number of aliphatic hydroxyl groups excluding tert-OH is 1. The number of nitrogens with one attached hydrogen (secondary N) is 3. The first-order valence-corrected chi connectivity index (χ1v) is 13.3. The Kier molecular flexibility index (Phi) is 11.2. The SMILES string of the molecule is Nc1cc(N2CCN(CCOCCO)CC2)nc(NCc2ccc(CNCNC3CCOCC3)cc2)n1. The molecule has 2 aliphatic heterocycles. The van der Waals surface area contributed by atoms with E-state index in [1.165, 1.54) is 5.56 Å². The Labute approximate surface area is 219 Å². The molecule has 3 heterocycles. The number of hydrogen-bond donors (Lipinski definition) is 5. The molecule has 1 aromatic heterocycles. The lowest BCUT2D eigenvalue weighted by Crippen LogP contribution is -2.47. The van der Waals surface area contributed by atoms with Crippen molar-refractivity contribution in [1.29, 1.82) is 0 Å². The van der Waals surface area contributed by atoms with Crippen LogP contribution in [0.5, 0.6) is 0 Å². The molecule has 11 nitrogen and oxygen atoms in total. The maximum Gasteiger partial charge on any atom is 0.226 e. The lowest BCUT2D eigenvalue weighted by molar-refractivity contribution is 0.0724. The molecular formula is C26H42N8O3. The fourth-order valence-electron chi connectivity index (χ4n) is 4.54. The van der Waals surface area contributed by atoms with Crippen LogP contribution in [0.3, 0.4) is 0 Å². The van der Waals surface area contributed by atoms with Gasteiger partial charge in [-0.2, -0.15) is 9.97 Å². The second kappa shape index (κ2) is 15.0. The third-order valence-corrected chi connectivity index (χ3v) is 6.76. The number of nitrogen functional groups attached to an aromatic ring is 1. The number of anilines is 3. The lowest BCUT2D eigenvalue weighted by atomic mass is 10.1. The molecule has 0 spiro atoms. The number of aliphatic hydroxyl groups is 1. The van der Waals surface area contributed by atoms with E-state index in [2.05, 4.69) is 55.0 Å². The van der Waals surface area contributed by atoms with Gasteiger partial charge in [0.1, 0.15) is 11.6 Å². The Hall–Kier alpha value is -2.54. The fraction of sp³-hybridized carbons (Fsp3) is 0.615. The van der Waals surface area contributed by atoms with Gasteiger partial charge in [0.15, 0.2) is 0 Å². The number of nitrogens with zero attached hydrogens (tertiary/aromatic N) is 4. The number of piperazine rings is 1. The number of benzene rings is 1. The normalized spacial score (nSPS) is 17.3. The van der Waals surface area contributed by atoms with Crippen LogP contribution in [0.15, 0.2) is 30.3 Å². The third-order valence-electron chi connectivity index (χ3n) is 6.76. The van der Waals surface area contributed by atoms with Crippen molar-refractivity contribution >= 4 is 17.6 Å². The molecule has 4 rings (SSSR count). The molecule has 0 aliphatic carbocycles. The van der Waals surface area contributed by atoms with Crippen molar-refractivity contribution in [3.05, 3.63) is 41.5 Å². The predicted molar refractivity (Wildman–Crippen MR) is 145 cm³/mol. The number of nitrogens with two attached hydrogens (primary N) is 1. The summed E-state index contributed by atoms with van der Waals surface area (Å²) in [6.07, 6.45) is 2.17. The van der Waals surface area contributed by atoms with Gasteiger partial charge in [0.2, 0.25) is 5.95 Å². The van der Waals surface area contributed by atoms with Crippen LogP contribution in [0.25, 0.3) is 0 Å². The van der Waals surface area contributed by atoms with Crippen LogP contribution in [0.4, 0.5) is 17.6 Å². The highest BCUT2D eigenvalue weighted by Crippen LogP contribution is 2.19. The van der Waals surface area contributed by atoms with Gasteiger partial charge in [-0.05, 0) is 24.0 Å². The second-order valence-electron chi connectivity index (χ2n) is 9.50. The standard InChI is InChI=1S/C26H42N8O3/c27-24-17-25(34-9-7-33(8-10-34)11-15-37-16-12-35)32-26(31-24)29-19-22-3-1-21(2-4-22)18-28-20-30-23-5-13-36-14-6-23/h1-4,17,23,28,30,35H,5-16,18-20H2,(H3,27,29,31,32). The zero-order valence-corrected chi connectivity index (χ0v) is 21.7. The minimum Gasteiger partial charge on any atom is -0.394 e. The smallest absolute Gasteiger partial charge is 0.226 e. The topological polar surface area (TPSA) is 133 Å². The average molecular weight is 515 g/mol. The van der Waals surface area contributed by atoms with Crippen molar-refractivity contribution in [2.45, 2.75) is 32.0 Å². The minimum absolute atomic E-state index is 0.0668. The number of aromatic nitrogens is 2. The molecule has 0 unspecified atom stereocenters. The molecule has 11 heteroatoms. The number of rotatable bonds is 14. The summed E-state index contributed by atoms with van der Waals surface area (Å²) in [5.74, 6) is 1.85. The zero-order chi connectivity index (χ0) is 25.7. The van der Waals surface area contributed by atoms with Gasteiger partial charge in [-0.3, -0.25) is 4.90 Å². The van der Waals surface area contributed by atoms with E-state index >= 15 is 0 Å². The van der Waals surface area contributed by atoms with Crippen molar-refractivity contribution in [2.75, 3.05) is 88.4 Å². The molecule has 204 valence electrons. The highest BCUT2D eigenvalue weighted by atomic mass is 16.5. The molecule has 2 fully saturated rings. The molecule has 0 atom stereocenters. The van der Waals surface area contributed by atoms with Crippen molar-refractivity contribution in [3.63, 3.8) is 0 Å². The van der Waals surface area contributed by atoms with Crippen LogP contribution in [-0.4, -0.2) is 98.4 Å². The first kappa shape index (κ1) is 27.5. The summed E-state index contributed by atoms with van der Waals surface area (Å²) in [5, 5.41) is 19.1. The van der Waals surface area contributed by atoms with Crippen molar-refractivity contribution in [3.8, 4) is 0 Å². The summed E-state index contributed by atoms with van der Waals surface area (Å²) < 4.78 is 10.8. The second-order valence-corrected chi connectivity index (χ2v) is 9.50. The third kappa shape index (κ3) is 9.37. The van der Waals surface area contributed by atoms with E-state index in [-0.39, 0.29) is 6.61 Å². The van der Waals surface area contributed by atoms with Crippen LogP contribution >= 0.6 is 0 Å². The van der Waals surface area contributed by atoms with Crippen LogP contribution in [0, 0.1) is 0 Å². The molecular weight excluding hydrogens is 472 g/mol. The van der Waals surface area contributed by atoms with E-state index in [1.807, 2.05) is 6.07 Å². The van der Waals surface area contributed by atoms with E-state index in [0.29, 0.717) is 37.6 Å².